The van der Waals surface area contributed by atoms with Crippen LogP contribution >= 0.6 is 11.6 Å². The molecule has 7 heteroatoms. The molecule has 22 heavy (non-hydrogen) atoms. The Balaban J connectivity index is 1.72. The van der Waals surface area contributed by atoms with Gasteiger partial charge in [0.25, 0.3) is 0 Å². The molecule has 0 aromatic heterocycles. The standard InChI is InChI=1S/C15H21ClN2O3S/c1-18(22(2,20)21)8-4-7-17-15(19)14-10-13(14)11-5-3-6-12(16)9-11/h3,5-6,9,13-14H,4,7-8,10H2,1-2H3,(H,17,19)/t13-,14+/m0/s1. The van der Waals surface area contributed by atoms with Gasteiger partial charge in [0, 0.05) is 31.1 Å². The fraction of sp³-hybridized carbons (Fsp3) is 0.533. The van der Waals surface area contributed by atoms with Crippen LogP contribution in [0.3, 0.4) is 0 Å². The zero-order valence-electron chi connectivity index (χ0n) is 12.8. The molecule has 2 rings (SSSR count). The van der Waals surface area contributed by atoms with E-state index in [0.29, 0.717) is 24.5 Å². The second kappa shape index (κ2) is 6.98. The van der Waals surface area contributed by atoms with E-state index in [1.165, 1.54) is 17.6 Å². The number of benzene rings is 1. The van der Waals surface area contributed by atoms with Gasteiger partial charge in [0.05, 0.1) is 6.26 Å². The van der Waals surface area contributed by atoms with Crippen LogP contribution in [0.4, 0.5) is 0 Å². The maximum atomic E-state index is 12.0. The summed E-state index contributed by atoms with van der Waals surface area (Å²) >= 11 is 5.96. The molecule has 1 saturated carbocycles. The van der Waals surface area contributed by atoms with E-state index >= 15 is 0 Å². The average molecular weight is 345 g/mol. The molecule has 1 N–H and O–H groups in total. The third-order valence-corrected chi connectivity index (χ3v) is 5.47. The molecule has 0 heterocycles. The van der Waals surface area contributed by atoms with Crippen LogP contribution in [-0.4, -0.2) is 45.0 Å². The zero-order chi connectivity index (χ0) is 16.3. The van der Waals surface area contributed by atoms with Crippen molar-refractivity contribution >= 4 is 27.5 Å². The Morgan fingerprint density at radius 2 is 2.18 bits per heavy atom. The van der Waals surface area contributed by atoms with Crippen molar-refractivity contribution in [2.45, 2.75) is 18.8 Å². The molecule has 5 nitrogen and oxygen atoms in total. The topological polar surface area (TPSA) is 66.5 Å². The highest BCUT2D eigenvalue weighted by Gasteiger charge is 2.43. The van der Waals surface area contributed by atoms with E-state index in [1.54, 1.807) is 0 Å². The van der Waals surface area contributed by atoms with E-state index < -0.39 is 10.0 Å². The summed E-state index contributed by atoms with van der Waals surface area (Å²) in [5.74, 6) is 0.287. The normalized spacial score (nSPS) is 20.9. The summed E-state index contributed by atoms with van der Waals surface area (Å²) < 4.78 is 23.7. The van der Waals surface area contributed by atoms with Crippen molar-refractivity contribution in [3.8, 4) is 0 Å². The molecule has 0 unspecified atom stereocenters. The largest absolute Gasteiger partial charge is 0.356 e. The molecule has 0 bridgehead atoms. The quantitative estimate of drug-likeness (QED) is 0.767. The number of hydrogen-bond acceptors (Lipinski definition) is 3. The van der Waals surface area contributed by atoms with Crippen LogP contribution in [0.1, 0.15) is 24.3 Å². The van der Waals surface area contributed by atoms with E-state index in [9.17, 15) is 13.2 Å². The van der Waals surface area contributed by atoms with Gasteiger partial charge in [-0.3, -0.25) is 4.79 Å². The molecule has 1 aromatic rings. The predicted molar refractivity (Wildman–Crippen MR) is 87.4 cm³/mol. The SMILES string of the molecule is CN(CCCNC(=O)[C@@H]1C[C@H]1c1cccc(Cl)c1)S(C)(=O)=O. The molecular weight excluding hydrogens is 324 g/mol. The van der Waals surface area contributed by atoms with Crippen molar-refractivity contribution in [2.75, 3.05) is 26.4 Å². The second-order valence-electron chi connectivity index (χ2n) is 5.73. The van der Waals surface area contributed by atoms with Gasteiger partial charge in [-0.05, 0) is 36.5 Å². The first-order chi connectivity index (χ1) is 10.3. The molecule has 0 spiro atoms. The second-order valence-corrected chi connectivity index (χ2v) is 8.26. The van der Waals surface area contributed by atoms with Crippen LogP contribution in [0.5, 0.6) is 0 Å². The highest BCUT2D eigenvalue weighted by Crippen LogP contribution is 2.47. The lowest BCUT2D eigenvalue weighted by Crippen LogP contribution is -2.31. The van der Waals surface area contributed by atoms with Crippen LogP contribution in [0.2, 0.25) is 5.02 Å². The Labute approximate surface area is 136 Å². The molecule has 1 aliphatic rings. The Bertz CT molecular complexity index is 648. The average Bonchev–Trinajstić information content (AvgIpc) is 3.22. The van der Waals surface area contributed by atoms with E-state index in [4.69, 9.17) is 11.6 Å². The Kier molecular flexibility index (Phi) is 5.47. The van der Waals surface area contributed by atoms with Crippen molar-refractivity contribution in [1.29, 1.82) is 0 Å². The van der Waals surface area contributed by atoms with Crippen LogP contribution in [0.25, 0.3) is 0 Å². The highest BCUT2D eigenvalue weighted by atomic mass is 35.5. The van der Waals surface area contributed by atoms with E-state index in [-0.39, 0.29) is 17.7 Å². The molecule has 1 aromatic carbocycles. The summed E-state index contributed by atoms with van der Waals surface area (Å²) in [4.78, 5) is 12.0. The summed E-state index contributed by atoms with van der Waals surface area (Å²) in [6.07, 6.45) is 2.62. The number of sulfonamides is 1. The molecule has 1 fully saturated rings. The number of carbonyl (C=O) groups is 1. The number of amides is 1. The number of rotatable bonds is 7. The van der Waals surface area contributed by atoms with Crippen LogP contribution in [0.15, 0.2) is 24.3 Å². The molecule has 122 valence electrons. The lowest BCUT2D eigenvalue weighted by atomic mass is 10.1. The van der Waals surface area contributed by atoms with Crippen LogP contribution in [0, 0.1) is 5.92 Å². The van der Waals surface area contributed by atoms with Gasteiger partial charge in [-0.2, -0.15) is 0 Å². The predicted octanol–water partition coefficient (Wildman–Crippen LogP) is 1.84. The molecule has 1 amide bonds. The maximum absolute atomic E-state index is 12.0. The first-order valence-electron chi connectivity index (χ1n) is 7.23. The van der Waals surface area contributed by atoms with E-state index in [2.05, 4.69) is 5.32 Å². The van der Waals surface area contributed by atoms with Gasteiger partial charge < -0.3 is 5.32 Å². The Hall–Kier alpha value is -1.11. The highest BCUT2D eigenvalue weighted by molar-refractivity contribution is 7.88. The molecule has 2 atom stereocenters. The van der Waals surface area contributed by atoms with E-state index in [1.807, 2.05) is 24.3 Å². The van der Waals surface area contributed by atoms with Crippen LogP contribution < -0.4 is 5.32 Å². The summed E-state index contributed by atoms with van der Waals surface area (Å²) in [7, 11) is -1.61. The molecule has 0 saturated heterocycles. The minimum atomic E-state index is -3.15. The molecule has 0 aliphatic heterocycles. The number of carbonyl (C=O) groups excluding carboxylic acids is 1. The van der Waals surface area contributed by atoms with Gasteiger partial charge >= 0.3 is 0 Å². The van der Waals surface area contributed by atoms with Crippen molar-refractivity contribution < 1.29 is 13.2 Å². The molecular formula is C15H21ClN2O3S. The first-order valence-corrected chi connectivity index (χ1v) is 9.46. The van der Waals surface area contributed by atoms with Gasteiger partial charge in [-0.25, -0.2) is 12.7 Å². The smallest absolute Gasteiger partial charge is 0.223 e. The number of nitrogens with zero attached hydrogens (tertiary/aromatic N) is 1. The Morgan fingerprint density at radius 3 is 2.82 bits per heavy atom. The minimum Gasteiger partial charge on any atom is -0.356 e. The zero-order valence-corrected chi connectivity index (χ0v) is 14.3. The Morgan fingerprint density at radius 1 is 1.45 bits per heavy atom. The lowest BCUT2D eigenvalue weighted by Gasteiger charge is -2.13. The summed E-state index contributed by atoms with van der Waals surface area (Å²) in [5.41, 5.74) is 1.10. The number of halogens is 1. The third-order valence-electron chi connectivity index (χ3n) is 3.92. The lowest BCUT2D eigenvalue weighted by molar-refractivity contribution is -0.122. The minimum absolute atomic E-state index is 0.00565. The van der Waals surface area contributed by atoms with Crippen molar-refractivity contribution in [2.24, 2.45) is 5.92 Å². The summed E-state index contributed by atoms with van der Waals surface area (Å²) in [6, 6.07) is 7.61. The van der Waals surface area contributed by atoms with Crippen molar-refractivity contribution in [3.05, 3.63) is 34.9 Å². The number of nitrogens with one attached hydrogen (secondary N) is 1. The van der Waals surface area contributed by atoms with Crippen molar-refractivity contribution in [3.63, 3.8) is 0 Å². The van der Waals surface area contributed by atoms with Gasteiger partial charge in [-0.1, -0.05) is 23.7 Å². The molecule has 1 aliphatic carbocycles. The fourth-order valence-electron chi connectivity index (χ4n) is 2.40. The van der Waals surface area contributed by atoms with Crippen LogP contribution in [-0.2, 0) is 14.8 Å². The first kappa shape index (κ1) is 17.2. The maximum Gasteiger partial charge on any atom is 0.223 e. The molecule has 0 radical (unpaired) electrons. The fourth-order valence-corrected chi connectivity index (χ4v) is 3.06. The monoisotopic (exact) mass is 344 g/mol. The van der Waals surface area contributed by atoms with Gasteiger partial charge in [-0.15, -0.1) is 0 Å². The number of hydrogen-bond donors (Lipinski definition) is 1. The van der Waals surface area contributed by atoms with Gasteiger partial charge in [0.2, 0.25) is 15.9 Å². The van der Waals surface area contributed by atoms with Crippen molar-refractivity contribution in [1.82, 2.24) is 9.62 Å². The summed E-state index contributed by atoms with van der Waals surface area (Å²) in [6.45, 7) is 0.888. The van der Waals surface area contributed by atoms with E-state index in [0.717, 1.165) is 12.0 Å². The summed E-state index contributed by atoms with van der Waals surface area (Å²) in [5, 5.41) is 3.56. The van der Waals surface area contributed by atoms with Gasteiger partial charge in [0.15, 0.2) is 0 Å². The van der Waals surface area contributed by atoms with Gasteiger partial charge in [0.1, 0.15) is 0 Å². The third kappa shape index (κ3) is 4.69.